The van der Waals surface area contributed by atoms with Gasteiger partial charge in [-0.1, -0.05) is 60.2 Å². The zero-order valence-electron chi connectivity index (χ0n) is 14.8. The Balaban J connectivity index is 0.00000182. The molecule has 2 heterocycles. The molecule has 1 aliphatic heterocycles. The minimum atomic E-state index is 0. The monoisotopic (exact) mass is 353 g/mol. The maximum absolute atomic E-state index is 2.55. The molecule has 0 saturated carbocycles. The molecule has 0 radical (unpaired) electrons. The summed E-state index contributed by atoms with van der Waals surface area (Å²) in [5, 5.41) is 0. The van der Waals surface area contributed by atoms with E-state index in [-0.39, 0.29) is 12.4 Å². The molecular formula is C22H26ClN2+. The number of aryl methyl sites for hydroxylation is 1. The second kappa shape index (κ2) is 7.88. The lowest BCUT2D eigenvalue weighted by molar-refractivity contribution is -0.695. The number of benzene rings is 2. The van der Waals surface area contributed by atoms with Crippen LogP contribution >= 0.6 is 12.4 Å². The van der Waals surface area contributed by atoms with Gasteiger partial charge in [-0.25, -0.2) is 9.13 Å². The van der Waals surface area contributed by atoms with Crippen molar-refractivity contribution in [3.63, 3.8) is 0 Å². The minimum absolute atomic E-state index is 0. The van der Waals surface area contributed by atoms with Crippen LogP contribution in [0.25, 0.3) is 11.3 Å². The Hall–Kier alpha value is -2.06. The van der Waals surface area contributed by atoms with E-state index < -0.39 is 0 Å². The summed E-state index contributed by atoms with van der Waals surface area (Å²) in [6.07, 6.45) is 7.45. The number of hydrogen-bond donors (Lipinski definition) is 0. The summed E-state index contributed by atoms with van der Waals surface area (Å²) < 4.78 is 5.03. The summed E-state index contributed by atoms with van der Waals surface area (Å²) in [6.45, 7) is 4.27. The number of imidazole rings is 1. The second-order valence-electron chi connectivity index (χ2n) is 6.88. The Morgan fingerprint density at radius 3 is 2.60 bits per heavy atom. The third-order valence-electron chi connectivity index (χ3n) is 5.00. The fraction of sp³-hybridized carbons (Fsp3) is 0.318. The largest absolute Gasteiger partial charge is 0.257 e. The smallest absolute Gasteiger partial charge is 0.229 e. The quantitative estimate of drug-likeness (QED) is 0.589. The number of halogens is 1. The van der Waals surface area contributed by atoms with Crippen LogP contribution < -0.4 is 4.57 Å². The standard InChI is InChI=1S/C22H25N2.ClH/c1-18-9-8-10-19(15-18)16-23-17-21(20-11-4-2-5-12-20)24-14-7-3-6-13-22(23)24;/h2,4-5,8-12,15,17H,3,6-7,13-14,16H2,1H3;1H/q+1;. The Kier molecular flexibility index (Phi) is 5.60. The predicted octanol–water partition coefficient (Wildman–Crippen LogP) is 4.95. The Morgan fingerprint density at radius 2 is 1.80 bits per heavy atom. The molecule has 0 saturated heterocycles. The van der Waals surface area contributed by atoms with Crippen LogP contribution in [0.3, 0.4) is 0 Å². The molecule has 0 aliphatic carbocycles. The molecule has 130 valence electrons. The fourth-order valence-electron chi connectivity index (χ4n) is 3.83. The molecule has 0 atom stereocenters. The predicted molar refractivity (Wildman–Crippen MR) is 105 cm³/mol. The molecular weight excluding hydrogens is 328 g/mol. The number of hydrogen-bond acceptors (Lipinski definition) is 0. The number of fused-ring (bicyclic) bond motifs is 1. The van der Waals surface area contributed by atoms with E-state index in [1.807, 2.05) is 0 Å². The van der Waals surface area contributed by atoms with E-state index in [1.54, 1.807) is 0 Å². The van der Waals surface area contributed by atoms with Crippen molar-refractivity contribution >= 4 is 12.4 Å². The van der Waals surface area contributed by atoms with Crippen LogP contribution in [0, 0.1) is 6.92 Å². The highest BCUT2D eigenvalue weighted by Gasteiger charge is 2.25. The van der Waals surface area contributed by atoms with Crippen LogP contribution in [0.1, 0.15) is 36.2 Å². The topological polar surface area (TPSA) is 8.81 Å². The van der Waals surface area contributed by atoms with Crippen LogP contribution in [-0.4, -0.2) is 4.57 Å². The molecule has 25 heavy (non-hydrogen) atoms. The molecule has 2 aromatic carbocycles. The van der Waals surface area contributed by atoms with E-state index in [9.17, 15) is 0 Å². The summed E-state index contributed by atoms with van der Waals surface area (Å²) in [4.78, 5) is 0. The van der Waals surface area contributed by atoms with E-state index in [2.05, 4.69) is 76.9 Å². The summed E-state index contributed by atoms with van der Waals surface area (Å²) in [7, 11) is 0. The minimum Gasteiger partial charge on any atom is -0.229 e. The number of nitrogens with zero attached hydrogens (tertiary/aromatic N) is 2. The van der Waals surface area contributed by atoms with Crippen molar-refractivity contribution < 1.29 is 4.57 Å². The van der Waals surface area contributed by atoms with Gasteiger partial charge in [0.25, 0.3) is 5.82 Å². The van der Waals surface area contributed by atoms with Crippen molar-refractivity contribution in [2.45, 2.75) is 45.7 Å². The lowest BCUT2D eigenvalue weighted by Gasteiger charge is -2.04. The highest BCUT2D eigenvalue weighted by Crippen LogP contribution is 2.24. The van der Waals surface area contributed by atoms with Crippen LogP contribution in [0.15, 0.2) is 60.8 Å². The first-order valence-electron chi connectivity index (χ1n) is 9.04. The summed E-state index contributed by atoms with van der Waals surface area (Å²) in [5.41, 5.74) is 5.41. The lowest BCUT2D eigenvalue weighted by Crippen LogP contribution is -2.37. The van der Waals surface area contributed by atoms with Gasteiger partial charge in [0.05, 0.1) is 6.54 Å². The molecule has 3 heteroatoms. The van der Waals surface area contributed by atoms with Crippen LogP contribution in [0.5, 0.6) is 0 Å². The number of aromatic nitrogens is 2. The Morgan fingerprint density at radius 1 is 0.960 bits per heavy atom. The molecule has 0 amide bonds. The molecule has 0 spiro atoms. The SMILES string of the molecule is Cc1cccc(C[n+]2cc(-c3ccccc3)n3c2CCCCC3)c1.Cl. The van der Waals surface area contributed by atoms with Crippen molar-refractivity contribution in [3.8, 4) is 11.3 Å². The molecule has 0 bridgehead atoms. The second-order valence-corrected chi connectivity index (χ2v) is 6.88. The van der Waals surface area contributed by atoms with Crippen LogP contribution in [0.4, 0.5) is 0 Å². The van der Waals surface area contributed by atoms with Crippen molar-refractivity contribution in [1.82, 2.24) is 4.57 Å². The maximum Gasteiger partial charge on any atom is 0.257 e. The van der Waals surface area contributed by atoms with E-state index in [0.717, 1.165) is 13.1 Å². The van der Waals surface area contributed by atoms with E-state index >= 15 is 0 Å². The summed E-state index contributed by atoms with van der Waals surface area (Å²) in [5.74, 6) is 1.48. The van der Waals surface area contributed by atoms with Gasteiger partial charge in [-0.05, 0) is 31.7 Å². The first-order chi connectivity index (χ1) is 11.8. The van der Waals surface area contributed by atoms with E-state index in [0.29, 0.717) is 0 Å². The average Bonchev–Trinajstić information content (AvgIpc) is 2.78. The van der Waals surface area contributed by atoms with Gasteiger partial charge in [0.15, 0.2) is 5.69 Å². The molecule has 1 aromatic heterocycles. The molecule has 2 nitrogen and oxygen atoms in total. The van der Waals surface area contributed by atoms with Gasteiger partial charge in [0, 0.05) is 12.0 Å². The van der Waals surface area contributed by atoms with Crippen molar-refractivity contribution in [1.29, 1.82) is 0 Å². The lowest BCUT2D eigenvalue weighted by atomic mass is 10.1. The van der Waals surface area contributed by atoms with Gasteiger partial charge in [-0.3, -0.25) is 0 Å². The molecule has 4 rings (SSSR count). The molecule has 1 aliphatic rings. The van der Waals surface area contributed by atoms with Gasteiger partial charge in [0.2, 0.25) is 0 Å². The first-order valence-corrected chi connectivity index (χ1v) is 9.04. The van der Waals surface area contributed by atoms with Crippen molar-refractivity contribution in [3.05, 3.63) is 77.7 Å². The van der Waals surface area contributed by atoms with Crippen LogP contribution in [0.2, 0.25) is 0 Å². The first kappa shape index (κ1) is 17.8. The third kappa shape index (κ3) is 3.80. The zero-order valence-corrected chi connectivity index (χ0v) is 15.6. The molecule has 0 N–H and O–H groups in total. The van der Waals surface area contributed by atoms with Crippen molar-refractivity contribution in [2.75, 3.05) is 0 Å². The molecule has 0 unspecified atom stereocenters. The summed E-state index contributed by atoms with van der Waals surface area (Å²) in [6, 6.07) is 19.7. The van der Waals surface area contributed by atoms with Crippen molar-refractivity contribution in [2.24, 2.45) is 0 Å². The van der Waals surface area contributed by atoms with E-state index in [4.69, 9.17) is 0 Å². The van der Waals surface area contributed by atoms with Gasteiger partial charge in [-0.2, -0.15) is 0 Å². The van der Waals surface area contributed by atoms with Crippen LogP contribution in [-0.2, 0) is 19.5 Å². The molecule has 0 fully saturated rings. The highest BCUT2D eigenvalue weighted by molar-refractivity contribution is 5.85. The van der Waals surface area contributed by atoms with Gasteiger partial charge < -0.3 is 0 Å². The van der Waals surface area contributed by atoms with Gasteiger partial charge in [0.1, 0.15) is 12.7 Å². The highest BCUT2D eigenvalue weighted by atomic mass is 35.5. The zero-order chi connectivity index (χ0) is 16.4. The number of rotatable bonds is 3. The van der Waals surface area contributed by atoms with E-state index in [1.165, 1.54) is 53.9 Å². The average molecular weight is 354 g/mol. The summed E-state index contributed by atoms with van der Waals surface area (Å²) >= 11 is 0. The maximum atomic E-state index is 2.55. The third-order valence-corrected chi connectivity index (χ3v) is 5.00. The Labute approximate surface area is 156 Å². The van der Waals surface area contributed by atoms with Gasteiger partial charge in [-0.15, -0.1) is 12.4 Å². The van der Waals surface area contributed by atoms with Gasteiger partial charge >= 0.3 is 0 Å². The fourth-order valence-corrected chi connectivity index (χ4v) is 3.83. The Bertz CT molecular complexity index is 836. The normalized spacial score (nSPS) is 13.6. The molecule has 3 aromatic rings.